The minimum absolute atomic E-state index is 0.00556. The van der Waals surface area contributed by atoms with Gasteiger partial charge in [0.15, 0.2) is 5.69 Å². The SMILES string of the molecule is CCc1[nH]nc(C(=O)N[C@@H]2CC[C@H]3CCC[C@H]32)c1C. The van der Waals surface area contributed by atoms with Gasteiger partial charge in [0.2, 0.25) is 0 Å². The Morgan fingerprint density at radius 3 is 2.95 bits per heavy atom. The standard InChI is InChI=1S/C15H23N3O/c1-3-12-9(2)14(18-17-12)15(19)16-13-8-7-10-5-4-6-11(10)13/h10-11,13H,3-8H2,1-2H3,(H,16,19)(H,17,18)/t10-,11-,13-/m1/s1. The van der Waals surface area contributed by atoms with Gasteiger partial charge in [0.05, 0.1) is 0 Å². The van der Waals surface area contributed by atoms with Gasteiger partial charge >= 0.3 is 0 Å². The fourth-order valence-electron chi connectivity index (χ4n) is 3.98. The van der Waals surface area contributed by atoms with E-state index in [0.717, 1.165) is 30.0 Å². The predicted octanol–water partition coefficient (Wildman–Crippen LogP) is 2.59. The Balaban J connectivity index is 1.69. The smallest absolute Gasteiger partial charge is 0.272 e. The number of carbonyl (C=O) groups is 1. The first-order valence-electron chi connectivity index (χ1n) is 7.55. The zero-order valence-electron chi connectivity index (χ0n) is 11.8. The van der Waals surface area contributed by atoms with Gasteiger partial charge in [-0.25, -0.2) is 0 Å². The highest BCUT2D eigenvalue weighted by Gasteiger charge is 2.39. The van der Waals surface area contributed by atoms with E-state index in [4.69, 9.17) is 0 Å². The number of nitrogens with zero attached hydrogens (tertiary/aromatic N) is 1. The molecule has 0 radical (unpaired) electrons. The van der Waals surface area contributed by atoms with Crippen LogP contribution in [-0.2, 0) is 6.42 Å². The molecule has 104 valence electrons. The van der Waals surface area contributed by atoms with Gasteiger partial charge in [-0.2, -0.15) is 5.10 Å². The molecule has 2 saturated carbocycles. The Kier molecular flexibility index (Phi) is 3.33. The van der Waals surface area contributed by atoms with E-state index in [2.05, 4.69) is 22.4 Å². The normalized spacial score (nSPS) is 29.5. The first-order valence-corrected chi connectivity index (χ1v) is 7.55. The topological polar surface area (TPSA) is 57.8 Å². The number of aryl methyl sites for hydroxylation is 1. The van der Waals surface area contributed by atoms with Crippen LogP contribution in [-0.4, -0.2) is 22.1 Å². The molecule has 2 N–H and O–H groups in total. The molecule has 4 heteroatoms. The molecule has 1 heterocycles. The fourth-order valence-corrected chi connectivity index (χ4v) is 3.98. The van der Waals surface area contributed by atoms with Crippen LogP contribution in [0.2, 0.25) is 0 Å². The van der Waals surface area contributed by atoms with E-state index in [9.17, 15) is 4.79 Å². The van der Waals surface area contributed by atoms with E-state index < -0.39 is 0 Å². The number of hydrogen-bond acceptors (Lipinski definition) is 2. The lowest BCUT2D eigenvalue weighted by molar-refractivity contribution is 0.0920. The second-order valence-corrected chi connectivity index (χ2v) is 6.04. The van der Waals surface area contributed by atoms with Crippen LogP contribution < -0.4 is 5.32 Å². The van der Waals surface area contributed by atoms with Gasteiger partial charge in [-0.3, -0.25) is 9.89 Å². The number of hydrogen-bond donors (Lipinski definition) is 2. The summed E-state index contributed by atoms with van der Waals surface area (Å²) in [6.07, 6.45) is 7.30. The highest BCUT2D eigenvalue weighted by Crippen LogP contribution is 2.44. The zero-order chi connectivity index (χ0) is 13.4. The van der Waals surface area contributed by atoms with E-state index in [1.54, 1.807) is 0 Å². The van der Waals surface area contributed by atoms with Crippen molar-refractivity contribution < 1.29 is 4.79 Å². The summed E-state index contributed by atoms with van der Waals surface area (Å²) in [4.78, 5) is 12.3. The molecule has 19 heavy (non-hydrogen) atoms. The molecule has 1 aromatic rings. The first-order chi connectivity index (χ1) is 9.20. The summed E-state index contributed by atoms with van der Waals surface area (Å²) in [5.41, 5.74) is 2.65. The molecule has 0 saturated heterocycles. The summed E-state index contributed by atoms with van der Waals surface area (Å²) in [7, 11) is 0. The van der Waals surface area contributed by atoms with E-state index in [1.807, 2.05) is 6.92 Å². The number of amides is 1. The summed E-state index contributed by atoms with van der Waals surface area (Å²) < 4.78 is 0. The van der Waals surface area contributed by atoms with Crippen LogP contribution in [0.1, 0.15) is 60.8 Å². The van der Waals surface area contributed by atoms with E-state index in [-0.39, 0.29) is 5.91 Å². The maximum atomic E-state index is 12.3. The third-order valence-electron chi connectivity index (χ3n) is 5.08. The Bertz CT molecular complexity index is 480. The molecule has 0 unspecified atom stereocenters. The molecule has 0 bridgehead atoms. The summed E-state index contributed by atoms with van der Waals surface area (Å²) in [5.74, 6) is 1.58. The van der Waals surface area contributed by atoms with Crippen molar-refractivity contribution in [3.05, 3.63) is 17.0 Å². The maximum Gasteiger partial charge on any atom is 0.272 e. The lowest BCUT2D eigenvalue weighted by atomic mass is 9.97. The van der Waals surface area contributed by atoms with Gasteiger partial charge in [0.25, 0.3) is 5.91 Å². The van der Waals surface area contributed by atoms with Crippen molar-refractivity contribution in [2.75, 3.05) is 0 Å². The Morgan fingerprint density at radius 2 is 2.21 bits per heavy atom. The molecule has 1 amide bonds. The van der Waals surface area contributed by atoms with Crippen molar-refractivity contribution in [1.82, 2.24) is 15.5 Å². The van der Waals surface area contributed by atoms with E-state index >= 15 is 0 Å². The molecule has 0 spiro atoms. The van der Waals surface area contributed by atoms with Gasteiger partial charge in [0.1, 0.15) is 0 Å². The monoisotopic (exact) mass is 261 g/mol. The summed E-state index contributed by atoms with van der Waals surface area (Å²) in [6, 6.07) is 0.376. The highest BCUT2D eigenvalue weighted by molar-refractivity contribution is 5.94. The lowest BCUT2D eigenvalue weighted by Gasteiger charge is -2.19. The van der Waals surface area contributed by atoms with Crippen molar-refractivity contribution in [2.24, 2.45) is 11.8 Å². The van der Waals surface area contributed by atoms with Crippen molar-refractivity contribution in [1.29, 1.82) is 0 Å². The van der Waals surface area contributed by atoms with E-state index in [1.165, 1.54) is 25.7 Å². The van der Waals surface area contributed by atoms with Crippen LogP contribution in [0.4, 0.5) is 0 Å². The van der Waals surface area contributed by atoms with Crippen molar-refractivity contribution in [3.8, 4) is 0 Å². The summed E-state index contributed by atoms with van der Waals surface area (Å²) >= 11 is 0. The van der Waals surface area contributed by atoms with Gasteiger partial charge in [0, 0.05) is 17.3 Å². The lowest BCUT2D eigenvalue weighted by Crippen LogP contribution is -2.38. The van der Waals surface area contributed by atoms with Gasteiger partial charge in [-0.15, -0.1) is 0 Å². The predicted molar refractivity (Wildman–Crippen MR) is 74.0 cm³/mol. The van der Waals surface area contributed by atoms with E-state index in [0.29, 0.717) is 17.7 Å². The molecule has 3 rings (SSSR count). The maximum absolute atomic E-state index is 12.3. The first kappa shape index (κ1) is 12.7. The minimum atomic E-state index is 0.00556. The van der Waals surface area contributed by atoms with Crippen molar-refractivity contribution >= 4 is 5.91 Å². The van der Waals surface area contributed by atoms with Crippen LogP contribution in [0.25, 0.3) is 0 Å². The number of nitrogens with one attached hydrogen (secondary N) is 2. The summed E-state index contributed by atoms with van der Waals surface area (Å²) in [5, 5.41) is 10.4. The second-order valence-electron chi connectivity index (χ2n) is 6.04. The highest BCUT2D eigenvalue weighted by atomic mass is 16.2. The van der Waals surface area contributed by atoms with Crippen LogP contribution in [0, 0.1) is 18.8 Å². The van der Waals surface area contributed by atoms with Crippen LogP contribution >= 0.6 is 0 Å². The van der Waals surface area contributed by atoms with Crippen molar-refractivity contribution in [3.63, 3.8) is 0 Å². The van der Waals surface area contributed by atoms with Crippen molar-refractivity contribution in [2.45, 2.75) is 58.4 Å². The molecule has 0 aromatic carbocycles. The van der Waals surface area contributed by atoms with Gasteiger partial charge < -0.3 is 5.32 Å². The molecular formula is C15H23N3O. The second kappa shape index (κ2) is 4.99. The number of rotatable bonds is 3. The molecule has 1 aromatic heterocycles. The molecular weight excluding hydrogens is 238 g/mol. The zero-order valence-corrected chi connectivity index (χ0v) is 11.8. The Morgan fingerprint density at radius 1 is 1.37 bits per heavy atom. The molecule has 0 aliphatic heterocycles. The largest absolute Gasteiger partial charge is 0.348 e. The van der Waals surface area contributed by atoms with Gasteiger partial charge in [-0.1, -0.05) is 19.8 Å². The molecule has 3 atom stereocenters. The van der Waals surface area contributed by atoms with Crippen LogP contribution in [0.15, 0.2) is 0 Å². The third-order valence-corrected chi connectivity index (χ3v) is 5.08. The number of H-pyrrole nitrogens is 1. The molecule has 2 aliphatic carbocycles. The van der Waals surface area contributed by atoms with Gasteiger partial charge in [-0.05, 0) is 44.4 Å². The van der Waals surface area contributed by atoms with Crippen LogP contribution in [0.5, 0.6) is 0 Å². The number of fused-ring (bicyclic) bond motifs is 1. The Labute approximate surface area is 114 Å². The van der Waals surface area contributed by atoms with Crippen LogP contribution in [0.3, 0.4) is 0 Å². The molecule has 4 nitrogen and oxygen atoms in total. The fraction of sp³-hybridized carbons (Fsp3) is 0.733. The third kappa shape index (κ3) is 2.17. The average Bonchev–Trinajstić information content (AvgIpc) is 3.06. The molecule has 2 fully saturated rings. The Hall–Kier alpha value is -1.32. The minimum Gasteiger partial charge on any atom is -0.348 e. The summed E-state index contributed by atoms with van der Waals surface area (Å²) in [6.45, 7) is 4.05. The quantitative estimate of drug-likeness (QED) is 0.878. The molecule has 2 aliphatic rings. The average molecular weight is 261 g/mol. The number of aromatic nitrogens is 2. The number of carbonyl (C=O) groups excluding carboxylic acids is 1. The number of aromatic amines is 1.